The van der Waals surface area contributed by atoms with Crippen molar-refractivity contribution in [3.8, 4) is 0 Å². The maximum Gasteiger partial charge on any atom is 0.204 e. The van der Waals surface area contributed by atoms with E-state index in [0.29, 0.717) is 23.8 Å². The molecule has 3 atom stereocenters. The smallest absolute Gasteiger partial charge is 0.204 e. The zero-order valence-corrected chi connectivity index (χ0v) is 19.0. The van der Waals surface area contributed by atoms with Crippen LogP contribution in [0.2, 0.25) is 0 Å². The Morgan fingerprint density at radius 1 is 1.27 bits per heavy atom. The lowest BCUT2D eigenvalue weighted by Gasteiger charge is -2.33. The summed E-state index contributed by atoms with van der Waals surface area (Å²) in [6.45, 7) is 3.45. The molecule has 0 spiro atoms. The van der Waals surface area contributed by atoms with E-state index >= 15 is 0 Å². The Kier molecular flexibility index (Phi) is 8.14. The normalized spacial score (nSPS) is 27.2. The summed E-state index contributed by atoms with van der Waals surface area (Å²) in [5, 5.41) is 4.05. The van der Waals surface area contributed by atoms with Crippen molar-refractivity contribution in [2.45, 2.75) is 50.3 Å². The van der Waals surface area contributed by atoms with Crippen LogP contribution in [0, 0.1) is 5.92 Å². The Hall–Kier alpha value is 0.200. The molecule has 1 aromatic rings. The molecule has 1 heterocycles. The van der Waals surface area contributed by atoms with E-state index in [1.165, 1.54) is 37.7 Å². The molecule has 0 amide bonds. The van der Waals surface area contributed by atoms with E-state index in [1.54, 1.807) is 0 Å². The fraction of sp³-hybridized carbons (Fsp3) is 0.700. The minimum absolute atomic E-state index is 0.374. The minimum Gasteiger partial charge on any atom is -0.329 e. The number of rotatable bonds is 7. The maximum absolute atomic E-state index is 13.5. The SMILES string of the molecule is CCOP(=O)(CC1CCCCC1)CC1CNC(c2cccc(Br)c2)CS1. The number of hydrogen-bond acceptors (Lipinski definition) is 4. The van der Waals surface area contributed by atoms with Gasteiger partial charge >= 0.3 is 0 Å². The molecule has 146 valence electrons. The summed E-state index contributed by atoms with van der Waals surface area (Å²) in [5.74, 6) is 1.63. The fourth-order valence-electron chi connectivity index (χ4n) is 4.17. The van der Waals surface area contributed by atoms with Crippen LogP contribution in [0.4, 0.5) is 0 Å². The molecule has 1 aromatic carbocycles. The molecule has 3 unspecified atom stereocenters. The van der Waals surface area contributed by atoms with Crippen LogP contribution < -0.4 is 5.32 Å². The third kappa shape index (κ3) is 6.10. The van der Waals surface area contributed by atoms with Gasteiger partial charge in [0.15, 0.2) is 0 Å². The van der Waals surface area contributed by atoms with E-state index in [9.17, 15) is 4.57 Å². The van der Waals surface area contributed by atoms with Crippen LogP contribution in [0.5, 0.6) is 0 Å². The van der Waals surface area contributed by atoms with Gasteiger partial charge in [0.2, 0.25) is 7.37 Å². The number of benzene rings is 1. The molecule has 3 rings (SSSR count). The van der Waals surface area contributed by atoms with Gasteiger partial charge in [0.1, 0.15) is 0 Å². The highest BCUT2D eigenvalue weighted by molar-refractivity contribution is 9.10. The summed E-state index contributed by atoms with van der Waals surface area (Å²) in [5.41, 5.74) is 1.32. The van der Waals surface area contributed by atoms with Gasteiger partial charge in [-0.15, -0.1) is 0 Å². The van der Waals surface area contributed by atoms with E-state index in [0.717, 1.165) is 29.1 Å². The third-order valence-corrected chi connectivity index (χ3v) is 10.3. The molecule has 3 nitrogen and oxygen atoms in total. The molecule has 0 radical (unpaired) electrons. The molecule has 1 N–H and O–H groups in total. The number of hydrogen-bond donors (Lipinski definition) is 1. The van der Waals surface area contributed by atoms with Crippen LogP contribution in [0.1, 0.15) is 50.6 Å². The van der Waals surface area contributed by atoms with Crippen molar-refractivity contribution in [2.24, 2.45) is 5.92 Å². The molecule has 2 aliphatic rings. The van der Waals surface area contributed by atoms with Gasteiger partial charge in [-0.3, -0.25) is 4.57 Å². The Bertz CT molecular complexity index is 616. The van der Waals surface area contributed by atoms with E-state index in [1.807, 2.05) is 18.7 Å². The first kappa shape index (κ1) is 20.9. The minimum atomic E-state index is -2.52. The zero-order chi connectivity index (χ0) is 18.4. The molecule has 2 fully saturated rings. The number of thioether (sulfide) groups is 1. The van der Waals surface area contributed by atoms with Crippen molar-refractivity contribution in [1.29, 1.82) is 0 Å². The predicted molar refractivity (Wildman–Crippen MR) is 117 cm³/mol. The van der Waals surface area contributed by atoms with Crippen LogP contribution in [-0.2, 0) is 9.09 Å². The van der Waals surface area contributed by atoms with Crippen molar-refractivity contribution in [3.05, 3.63) is 34.3 Å². The standard InChI is InChI=1S/C20H31BrNO2PS/c1-2-24-25(23,13-16-7-4-3-5-8-16)14-19-12-22-20(15-26-19)17-9-6-10-18(21)11-17/h6,9-11,16,19-20,22H,2-5,7-8,12-15H2,1H3. The first-order chi connectivity index (χ1) is 12.6. The monoisotopic (exact) mass is 459 g/mol. The van der Waals surface area contributed by atoms with Gasteiger partial charge < -0.3 is 9.84 Å². The van der Waals surface area contributed by atoms with E-state index < -0.39 is 7.37 Å². The lowest BCUT2D eigenvalue weighted by Crippen LogP contribution is -2.38. The van der Waals surface area contributed by atoms with Gasteiger partial charge in [0, 0.05) is 40.4 Å². The molecular weight excluding hydrogens is 429 g/mol. The summed E-state index contributed by atoms with van der Waals surface area (Å²) < 4.78 is 20.5. The van der Waals surface area contributed by atoms with Gasteiger partial charge in [-0.05, 0) is 43.4 Å². The first-order valence-corrected chi connectivity index (χ1v) is 13.7. The second-order valence-corrected chi connectivity index (χ2v) is 12.4. The van der Waals surface area contributed by atoms with Gasteiger partial charge in [0.25, 0.3) is 0 Å². The molecule has 1 saturated heterocycles. The quantitative estimate of drug-likeness (QED) is 0.500. The number of nitrogens with one attached hydrogen (secondary N) is 1. The first-order valence-electron chi connectivity index (χ1n) is 9.91. The molecule has 1 saturated carbocycles. The van der Waals surface area contributed by atoms with Gasteiger partial charge in [-0.25, -0.2) is 0 Å². The van der Waals surface area contributed by atoms with Crippen LogP contribution in [0.3, 0.4) is 0 Å². The topological polar surface area (TPSA) is 38.3 Å². The van der Waals surface area contributed by atoms with E-state index in [-0.39, 0.29) is 0 Å². The average Bonchev–Trinajstić information content (AvgIpc) is 2.63. The second-order valence-electron chi connectivity index (χ2n) is 7.57. The Morgan fingerprint density at radius 2 is 2.08 bits per heavy atom. The molecule has 26 heavy (non-hydrogen) atoms. The summed E-state index contributed by atoms with van der Waals surface area (Å²) in [7, 11) is -2.52. The second kappa shape index (κ2) is 10.1. The van der Waals surface area contributed by atoms with Crippen LogP contribution in [-0.4, -0.2) is 36.5 Å². The van der Waals surface area contributed by atoms with Gasteiger partial charge in [-0.2, -0.15) is 11.8 Å². The molecule has 0 aromatic heterocycles. The predicted octanol–water partition coefficient (Wildman–Crippen LogP) is 6.09. The molecule has 1 aliphatic heterocycles. The summed E-state index contributed by atoms with van der Waals surface area (Å²) >= 11 is 5.51. The maximum atomic E-state index is 13.5. The molecule has 0 bridgehead atoms. The fourth-order valence-corrected chi connectivity index (χ4v) is 9.41. The van der Waals surface area contributed by atoms with E-state index in [4.69, 9.17) is 4.52 Å². The average molecular weight is 460 g/mol. The lowest BCUT2D eigenvalue weighted by molar-refractivity contribution is 0.314. The summed E-state index contributed by atoms with van der Waals surface area (Å²) in [6, 6.07) is 8.89. The van der Waals surface area contributed by atoms with Gasteiger partial charge in [-0.1, -0.05) is 47.3 Å². The highest BCUT2D eigenvalue weighted by atomic mass is 79.9. The number of halogens is 1. The lowest BCUT2D eigenvalue weighted by atomic mass is 9.91. The van der Waals surface area contributed by atoms with E-state index in [2.05, 4.69) is 45.5 Å². The van der Waals surface area contributed by atoms with Crippen molar-refractivity contribution >= 4 is 35.1 Å². The highest BCUT2D eigenvalue weighted by Crippen LogP contribution is 2.52. The Balaban J connectivity index is 1.54. The third-order valence-electron chi connectivity index (χ3n) is 5.45. The zero-order valence-electron chi connectivity index (χ0n) is 15.7. The highest BCUT2D eigenvalue weighted by Gasteiger charge is 2.33. The molecule has 6 heteroatoms. The van der Waals surface area contributed by atoms with Crippen LogP contribution >= 0.6 is 35.1 Å². The van der Waals surface area contributed by atoms with Crippen LogP contribution in [0.15, 0.2) is 28.7 Å². The van der Waals surface area contributed by atoms with Crippen molar-refractivity contribution in [1.82, 2.24) is 5.32 Å². The van der Waals surface area contributed by atoms with Crippen LogP contribution in [0.25, 0.3) is 0 Å². The Morgan fingerprint density at radius 3 is 2.73 bits per heavy atom. The largest absolute Gasteiger partial charge is 0.329 e. The molecular formula is C20H31BrNO2PS. The van der Waals surface area contributed by atoms with Crippen molar-refractivity contribution in [3.63, 3.8) is 0 Å². The van der Waals surface area contributed by atoms with Gasteiger partial charge in [0.05, 0.1) is 6.61 Å². The summed E-state index contributed by atoms with van der Waals surface area (Å²) in [4.78, 5) is 0. The van der Waals surface area contributed by atoms with Crippen molar-refractivity contribution < 1.29 is 9.09 Å². The molecule has 1 aliphatic carbocycles. The summed E-state index contributed by atoms with van der Waals surface area (Å²) in [6.07, 6.45) is 7.92. The van der Waals surface area contributed by atoms with Crippen molar-refractivity contribution in [2.75, 3.05) is 31.2 Å². The Labute approximate surface area is 171 Å².